The summed E-state index contributed by atoms with van der Waals surface area (Å²) in [7, 11) is 0. The SMILES string of the molecule is CC(C)(C)NC(=O)Oc1cc(Cl)cnc1Cl. The number of amides is 1. The summed E-state index contributed by atoms with van der Waals surface area (Å²) >= 11 is 11.4. The van der Waals surface area contributed by atoms with Crippen molar-refractivity contribution in [2.24, 2.45) is 0 Å². The number of carbonyl (C=O) groups excluding carboxylic acids is 1. The van der Waals surface area contributed by atoms with Crippen molar-refractivity contribution < 1.29 is 9.53 Å². The largest absolute Gasteiger partial charge is 0.413 e. The topological polar surface area (TPSA) is 51.2 Å². The lowest BCUT2D eigenvalue weighted by Crippen LogP contribution is -2.42. The van der Waals surface area contributed by atoms with Gasteiger partial charge in [-0.05, 0) is 20.8 Å². The summed E-state index contributed by atoms with van der Waals surface area (Å²) in [5, 5.41) is 3.06. The van der Waals surface area contributed by atoms with E-state index in [2.05, 4.69) is 10.3 Å². The molecule has 1 heterocycles. The van der Waals surface area contributed by atoms with E-state index in [4.69, 9.17) is 27.9 Å². The Balaban J connectivity index is 2.73. The minimum absolute atomic E-state index is 0.0912. The number of aromatic nitrogens is 1. The molecule has 0 aliphatic heterocycles. The van der Waals surface area contributed by atoms with E-state index in [0.717, 1.165) is 0 Å². The van der Waals surface area contributed by atoms with Gasteiger partial charge in [-0.2, -0.15) is 0 Å². The second kappa shape index (κ2) is 4.89. The molecule has 0 unspecified atom stereocenters. The number of hydrogen-bond donors (Lipinski definition) is 1. The predicted octanol–water partition coefficient (Wildman–Crippen LogP) is 3.28. The van der Waals surface area contributed by atoms with E-state index in [1.807, 2.05) is 20.8 Å². The summed E-state index contributed by atoms with van der Waals surface area (Å²) in [6, 6.07) is 1.43. The number of rotatable bonds is 1. The van der Waals surface area contributed by atoms with Gasteiger partial charge in [-0.3, -0.25) is 0 Å². The van der Waals surface area contributed by atoms with Gasteiger partial charge in [0.1, 0.15) is 0 Å². The van der Waals surface area contributed by atoms with Crippen molar-refractivity contribution in [3.8, 4) is 5.75 Å². The molecule has 0 saturated carbocycles. The van der Waals surface area contributed by atoms with Crippen molar-refractivity contribution in [1.82, 2.24) is 10.3 Å². The highest BCUT2D eigenvalue weighted by Crippen LogP contribution is 2.25. The van der Waals surface area contributed by atoms with Gasteiger partial charge in [0.25, 0.3) is 0 Å². The molecule has 4 nitrogen and oxygen atoms in total. The lowest BCUT2D eigenvalue weighted by atomic mass is 10.1. The third-order valence-electron chi connectivity index (χ3n) is 1.45. The zero-order valence-corrected chi connectivity index (χ0v) is 10.7. The van der Waals surface area contributed by atoms with E-state index in [0.29, 0.717) is 5.02 Å². The van der Waals surface area contributed by atoms with Crippen molar-refractivity contribution in [2.75, 3.05) is 0 Å². The molecule has 88 valence electrons. The number of nitrogens with zero attached hydrogens (tertiary/aromatic N) is 1. The highest BCUT2D eigenvalue weighted by molar-refractivity contribution is 6.33. The Morgan fingerprint density at radius 3 is 2.62 bits per heavy atom. The zero-order valence-electron chi connectivity index (χ0n) is 9.17. The molecule has 0 atom stereocenters. The zero-order chi connectivity index (χ0) is 12.3. The lowest BCUT2D eigenvalue weighted by Gasteiger charge is -2.19. The van der Waals surface area contributed by atoms with Gasteiger partial charge < -0.3 is 10.1 Å². The molecule has 0 spiro atoms. The van der Waals surface area contributed by atoms with Gasteiger partial charge >= 0.3 is 6.09 Å². The molecular formula is C10H12Cl2N2O2. The van der Waals surface area contributed by atoms with Crippen LogP contribution in [0.25, 0.3) is 0 Å². The predicted molar refractivity (Wildman–Crippen MR) is 63.2 cm³/mol. The fourth-order valence-corrected chi connectivity index (χ4v) is 1.20. The van der Waals surface area contributed by atoms with Gasteiger partial charge in [-0.15, -0.1) is 0 Å². The quantitative estimate of drug-likeness (QED) is 0.791. The molecular weight excluding hydrogens is 251 g/mol. The first-order valence-electron chi connectivity index (χ1n) is 4.59. The highest BCUT2D eigenvalue weighted by Gasteiger charge is 2.16. The fourth-order valence-electron chi connectivity index (χ4n) is 0.907. The average Bonchev–Trinajstić information content (AvgIpc) is 2.08. The molecule has 0 aliphatic carbocycles. The maximum Gasteiger partial charge on any atom is 0.413 e. The van der Waals surface area contributed by atoms with Crippen LogP contribution < -0.4 is 10.1 Å². The van der Waals surface area contributed by atoms with E-state index in [1.54, 1.807) is 0 Å². The molecule has 0 fully saturated rings. The fraction of sp³-hybridized carbons (Fsp3) is 0.400. The number of ether oxygens (including phenoxy) is 1. The summed E-state index contributed by atoms with van der Waals surface area (Å²) < 4.78 is 4.97. The van der Waals surface area contributed by atoms with Crippen LogP contribution in [0.3, 0.4) is 0 Å². The summed E-state index contributed by atoms with van der Waals surface area (Å²) in [6.45, 7) is 5.52. The second-order valence-electron chi connectivity index (χ2n) is 4.21. The number of carbonyl (C=O) groups is 1. The van der Waals surface area contributed by atoms with Crippen LogP contribution in [-0.2, 0) is 0 Å². The molecule has 0 aromatic carbocycles. The van der Waals surface area contributed by atoms with Gasteiger partial charge in [0.2, 0.25) is 0 Å². The van der Waals surface area contributed by atoms with Crippen molar-refractivity contribution in [2.45, 2.75) is 26.3 Å². The molecule has 0 bridgehead atoms. The molecule has 1 aromatic heterocycles. The average molecular weight is 263 g/mol. The Morgan fingerprint density at radius 2 is 2.06 bits per heavy atom. The maximum atomic E-state index is 11.4. The summed E-state index contributed by atoms with van der Waals surface area (Å²) in [6.07, 6.45) is 0.775. The summed E-state index contributed by atoms with van der Waals surface area (Å²) in [4.78, 5) is 15.2. The van der Waals surface area contributed by atoms with Gasteiger partial charge in [0.05, 0.1) is 5.02 Å². The normalized spacial score (nSPS) is 11.1. The van der Waals surface area contributed by atoms with Crippen LogP contribution >= 0.6 is 23.2 Å². The molecule has 0 aliphatic rings. The molecule has 1 N–H and O–H groups in total. The number of hydrogen-bond acceptors (Lipinski definition) is 3. The molecule has 0 saturated heterocycles. The Hall–Kier alpha value is -1.00. The van der Waals surface area contributed by atoms with Crippen LogP contribution in [0.2, 0.25) is 10.2 Å². The summed E-state index contributed by atoms with van der Waals surface area (Å²) in [5.74, 6) is 0.135. The summed E-state index contributed by atoms with van der Waals surface area (Å²) in [5.41, 5.74) is -0.379. The van der Waals surface area contributed by atoms with E-state index < -0.39 is 6.09 Å². The lowest BCUT2D eigenvalue weighted by molar-refractivity contribution is 0.190. The third kappa shape index (κ3) is 4.24. The van der Waals surface area contributed by atoms with Gasteiger partial charge in [-0.25, -0.2) is 9.78 Å². The smallest absolute Gasteiger partial charge is 0.407 e. The van der Waals surface area contributed by atoms with Crippen LogP contribution in [0.4, 0.5) is 4.79 Å². The van der Waals surface area contributed by atoms with Crippen molar-refractivity contribution in [3.05, 3.63) is 22.4 Å². The monoisotopic (exact) mass is 262 g/mol. The van der Waals surface area contributed by atoms with Crippen LogP contribution in [0, 0.1) is 0 Å². The molecule has 1 amide bonds. The van der Waals surface area contributed by atoms with Gasteiger partial charge in [-0.1, -0.05) is 23.2 Å². The number of pyridine rings is 1. The molecule has 16 heavy (non-hydrogen) atoms. The van der Waals surface area contributed by atoms with Crippen LogP contribution in [-0.4, -0.2) is 16.6 Å². The van der Waals surface area contributed by atoms with Crippen molar-refractivity contribution >= 4 is 29.3 Å². The van der Waals surface area contributed by atoms with Crippen LogP contribution in [0.1, 0.15) is 20.8 Å². The molecule has 6 heteroatoms. The Bertz CT molecular complexity index is 402. The minimum Gasteiger partial charge on any atom is -0.407 e. The standard InChI is InChI=1S/C10H12Cl2N2O2/c1-10(2,3)14-9(15)16-7-4-6(11)5-13-8(7)12/h4-5H,1-3H3,(H,14,15). The first-order valence-corrected chi connectivity index (χ1v) is 5.34. The Labute approximate surface area is 104 Å². The first kappa shape index (κ1) is 13.1. The van der Waals surface area contributed by atoms with Gasteiger partial charge in [0, 0.05) is 17.8 Å². The molecule has 1 aromatic rings. The van der Waals surface area contributed by atoms with E-state index >= 15 is 0 Å². The van der Waals surface area contributed by atoms with Gasteiger partial charge in [0.15, 0.2) is 10.9 Å². The van der Waals surface area contributed by atoms with Crippen LogP contribution in [0.15, 0.2) is 12.3 Å². The maximum absolute atomic E-state index is 11.4. The number of halogens is 2. The van der Waals surface area contributed by atoms with Crippen molar-refractivity contribution in [1.29, 1.82) is 0 Å². The van der Waals surface area contributed by atoms with Crippen LogP contribution in [0.5, 0.6) is 5.75 Å². The number of nitrogens with one attached hydrogen (secondary N) is 1. The Morgan fingerprint density at radius 1 is 1.44 bits per heavy atom. The third-order valence-corrected chi connectivity index (χ3v) is 1.94. The first-order chi connectivity index (χ1) is 7.28. The van der Waals surface area contributed by atoms with E-state index in [-0.39, 0.29) is 16.4 Å². The second-order valence-corrected chi connectivity index (χ2v) is 5.00. The molecule has 1 rings (SSSR count). The minimum atomic E-state index is -0.599. The highest BCUT2D eigenvalue weighted by atomic mass is 35.5. The van der Waals surface area contributed by atoms with E-state index in [1.165, 1.54) is 12.3 Å². The molecule has 0 radical (unpaired) electrons. The van der Waals surface area contributed by atoms with Crippen molar-refractivity contribution in [3.63, 3.8) is 0 Å². The Kier molecular flexibility index (Phi) is 3.99. The van der Waals surface area contributed by atoms with E-state index in [9.17, 15) is 4.79 Å².